The van der Waals surface area contributed by atoms with Crippen LogP contribution in [0.5, 0.6) is 0 Å². The lowest BCUT2D eigenvalue weighted by Gasteiger charge is -2.07. The minimum absolute atomic E-state index is 0.711. The third-order valence-electron chi connectivity index (χ3n) is 2.50. The van der Waals surface area contributed by atoms with Crippen molar-refractivity contribution < 1.29 is 0 Å². The Balaban J connectivity index is 2.29. The monoisotopic (exact) mass is 226 g/mol. The van der Waals surface area contributed by atoms with Crippen LogP contribution >= 0.6 is 0 Å². The fraction of sp³-hybridized carbons (Fsp3) is 0.231. The zero-order valence-electron chi connectivity index (χ0n) is 9.72. The standard InChI is InChI=1S/C13H14N4/c1-2-3-4-7-17-10-16-9-13(17)11-8-15-6-5-12(11)14/h5-6,8-10H,4,7H2,1H3,(H2,14,15). The first-order valence-corrected chi connectivity index (χ1v) is 5.42. The van der Waals surface area contributed by atoms with Gasteiger partial charge in [0.25, 0.3) is 0 Å². The predicted octanol–water partition coefficient (Wildman–Crippen LogP) is 1.94. The van der Waals surface area contributed by atoms with Gasteiger partial charge in [-0.2, -0.15) is 0 Å². The molecule has 0 radical (unpaired) electrons. The van der Waals surface area contributed by atoms with E-state index in [2.05, 4.69) is 21.8 Å². The summed E-state index contributed by atoms with van der Waals surface area (Å²) >= 11 is 0. The third kappa shape index (κ3) is 2.45. The molecule has 17 heavy (non-hydrogen) atoms. The van der Waals surface area contributed by atoms with Gasteiger partial charge < -0.3 is 10.3 Å². The Labute approximate surface area is 101 Å². The van der Waals surface area contributed by atoms with Gasteiger partial charge in [-0.15, -0.1) is 11.8 Å². The molecule has 0 aliphatic heterocycles. The molecule has 0 atom stereocenters. The van der Waals surface area contributed by atoms with E-state index in [-0.39, 0.29) is 0 Å². The van der Waals surface area contributed by atoms with E-state index in [0.29, 0.717) is 5.69 Å². The SMILES string of the molecule is CC#CCCn1cncc1-c1cnccc1N. The first-order valence-electron chi connectivity index (χ1n) is 5.42. The second-order valence-corrected chi connectivity index (χ2v) is 3.61. The van der Waals surface area contributed by atoms with Gasteiger partial charge in [-0.1, -0.05) is 0 Å². The molecular formula is C13H14N4. The topological polar surface area (TPSA) is 56.7 Å². The lowest BCUT2D eigenvalue weighted by atomic mass is 10.2. The van der Waals surface area contributed by atoms with Crippen LogP contribution < -0.4 is 5.73 Å². The number of hydrogen-bond acceptors (Lipinski definition) is 3. The van der Waals surface area contributed by atoms with Crippen molar-refractivity contribution in [1.82, 2.24) is 14.5 Å². The molecule has 0 aliphatic rings. The molecule has 2 N–H and O–H groups in total. The van der Waals surface area contributed by atoms with Crippen LogP contribution in [0.25, 0.3) is 11.3 Å². The van der Waals surface area contributed by atoms with Gasteiger partial charge in [0.1, 0.15) is 0 Å². The summed E-state index contributed by atoms with van der Waals surface area (Å²) in [6.07, 6.45) is 7.84. The second kappa shape index (κ2) is 5.17. The summed E-state index contributed by atoms with van der Waals surface area (Å²) in [4.78, 5) is 8.24. The predicted molar refractivity (Wildman–Crippen MR) is 67.9 cm³/mol. The molecule has 86 valence electrons. The van der Waals surface area contributed by atoms with E-state index in [9.17, 15) is 0 Å². The Morgan fingerprint density at radius 3 is 3.00 bits per heavy atom. The highest BCUT2D eigenvalue weighted by Crippen LogP contribution is 2.24. The maximum absolute atomic E-state index is 5.93. The molecule has 0 fully saturated rings. The number of hydrogen-bond donors (Lipinski definition) is 1. The normalized spacial score (nSPS) is 9.71. The van der Waals surface area contributed by atoms with Gasteiger partial charge in [-0.3, -0.25) is 4.98 Å². The second-order valence-electron chi connectivity index (χ2n) is 3.61. The summed E-state index contributed by atoms with van der Waals surface area (Å²) in [6.45, 7) is 2.65. The summed E-state index contributed by atoms with van der Waals surface area (Å²) in [7, 11) is 0. The summed E-state index contributed by atoms with van der Waals surface area (Å²) in [5, 5.41) is 0. The van der Waals surface area contributed by atoms with Gasteiger partial charge in [0.15, 0.2) is 0 Å². The molecule has 0 spiro atoms. The van der Waals surface area contributed by atoms with E-state index in [1.54, 1.807) is 31.0 Å². The minimum atomic E-state index is 0.711. The first kappa shape index (κ1) is 11.2. The molecule has 0 aromatic carbocycles. The fourth-order valence-corrected chi connectivity index (χ4v) is 1.64. The van der Waals surface area contributed by atoms with Gasteiger partial charge in [0.05, 0.1) is 18.2 Å². The maximum atomic E-state index is 5.93. The molecule has 0 saturated carbocycles. The van der Waals surface area contributed by atoms with Crippen molar-refractivity contribution >= 4 is 5.69 Å². The molecule has 0 saturated heterocycles. The summed E-state index contributed by atoms with van der Waals surface area (Å²) in [6, 6.07) is 1.79. The number of aryl methyl sites for hydroxylation is 1. The lowest BCUT2D eigenvalue weighted by Crippen LogP contribution is -2.00. The Kier molecular flexibility index (Phi) is 3.41. The summed E-state index contributed by atoms with van der Waals surface area (Å²) in [5.74, 6) is 5.91. The van der Waals surface area contributed by atoms with Crippen LogP contribution in [0.2, 0.25) is 0 Å². The van der Waals surface area contributed by atoms with Crippen LogP contribution in [0, 0.1) is 11.8 Å². The van der Waals surface area contributed by atoms with Crippen LogP contribution in [-0.4, -0.2) is 14.5 Å². The van der Waals surface area contributed by atoms with E-state index >= 15 is 0 Å². The van der Waals surface area contributed by atoms with Crippen LogP contribution in [0.3, 0.4) is 0 Å². The molecule has 2 heterocycles. The summed E-state index contributed by atoms with van der Waals surface area (Å²) in [5.41, 5.74) is 8.53. The number of aromatic nitrogens is 3. The number of nitrogens with two attached hydrogens (primary N) is 1. The Bertz CT molecular complexity index is 560. The van der Waals surface area contributed by atoms with Crippen molar-refractivity contribution in [2.24, 2.45) is 0 Å². The van der Waals surface area contributed by atoms with Crippen LogP contribution in [-0.2, 0) is 6.54 Å². The maximum Gasteiger partial charge on any atom is 0.0951 e. The van der Waals surface area contributed by atoms with Gasteiger partial charge in [0.2, 0.25) is 0 Å². The molecule has 2 aromatic heterocycles. The molecule has 2 aromatic rings. The van der Waals surface area contributed by atoms with Crippen LogP contribution in [0.1, 0.15) is 13.3 Å². The Morgan fingerprint density at radius 1 is 1.35 bits per heavy atom. The Hall–Kier alpha value is -2.28. The quantitative estimate of drug-likeness (QED) is 0.814. The largest absolute Gasteiger partial charge is 0.398 e. The number of anilines is 1. The highest BCUT2D eigenvalue weighted by atomic mass is 15.0. The number of imidazole rings is 1. The van der Waals surface area contributed by atoms with Crippen molar-refractivity contribution in [2.45, 2.75) is 19.9 Å². The van der Waals surface area contributed by atoms with Crippen molar-refractivity contribution in [3.8, 4) is 23.1 Å². The van der Waals surface area contributed by atoms with E-state index in [0.717, 1.165) is 24.2 Å². The first-order chi connectivity index (χ1) is 8.33. The summed E-state index contributed by atoms with van der Waals surface area (Å²) < 4.78 is 2.04. The van der Waals surface area contributed by atoms with Gasteiger partial charge in [0, 0.05) is 36.6 Å². The zero-order valence-corrected chi connectivity index (χ0v) is 9.72. The molecule has 4 nitrogen and oxygen atoms in total. The number of nitrogens with zero attached hydrogens (tertiary/aromatic N) is 3. The van der Waals surface area contributed by atoms with Crippen LogP contribution in [0.4, 0.5) is 5.69 Å². The average Bonchev–Trinajstić information content (AvgIpc) is 2.78. The van der Waals surface area contributed by atoms with E-state index < -0.39 is 0 Å². The highest BCUT2D eigenvalue weighted by molar-refractivity contribution is 5.72. The van der Waals surface area contributed by atoms with Crippen molar-refractivity contribution in [1.29, 1.82) is 0 Å². The molecular weight excluding hydrogens is 212 g/mol. The molecule has 4 heteroatoms. The molecule has 0 amide bonds. The fourth-order valence-electron chi connectivity index (χ4n) is 1.64. The third-order valence-corrected chi connectivity index (χ3v) is 2.50. The molecule has 0 unspecified atom stereocenters. The smallest absolute Gasteiger partial charge is 0.0951 e. The average molecular weight is 226 g/mol. The van der Waals surface area contributed by atoms with E-state index in [1.807, 2.05) is 11.5 Å². The van der Waals surface area contributed by atoms with Gasteiger partial charge in [-0.25, -0.2) is 4.98 Å². The van der Waals surface area contributed by atoms with E-state index in [4.69, 9.17) is 5.73 Å². The van der Waals surface area contributed by atoms with Crippen molar-refractivity contribution in [3.63, 3.8) is 0 Å². The number of rotatable bonds is 3. The van der Waals surface area contributed by atoms with Gasteiger partial charge in [-0.05, 0) is 13.0 Å². The van der Waals surface area contributed by atoms with Gasteiger partial charge >= 0.3 is 0 Å². The minimum Gasteiger partial charge on any atom is -0.398 e. The lowest BCUT2D eigenvalue weighted by molar-refractivity contribution is 0.725. The van der Waals surface area contributed by atoms with E-state index in [1.165, 1.54) is 0 Å². The zero-order chi connectivity index (χ0) is 12.1. The molecule has 0 bridgehead atoms. The van der Waals surface area contributed by atoms with Crippen LogP contribution in [0.15, 0.2) is 31.0 Å². The van der Waals surface area contributed by atoms with Crippen molar-refractivity contribution in [2.75, 3.05) is 5.73 Å². The molecule has 2 rings (SSSR count). The number of pyridine rings is 1. The highest BCUT2D eigenvalue weighted by Gasteiger charge is 2.07. The Morgan fingerprint density at radius 2 is 2.24 bits per heavy atom. The molecule has 0 aliphatic carbocycles. The number of nitrogen functional groups attached to an aromatic ring is 1. The van der Waals surface area contributed by atoms with Crippen molar-refractivity contribution in [3.05, 3.63) is 31.0 Å².